The second kappa shape index (κ2) is 10.3. The largest absolute Gasteiger partial charge is 0.352 e. The number of aromatic nitrogens is 2. The van der Waals surface area contributed by atoms with Crippen molar-refractivity contribution in [1.82, 2.24) is 15.3 Å². The van der Waals surface area contributed by atoms with Crippen LogP contribution in [-0.2, 0) is 11.2 Å². The van der Waals surface area contributed by atoms with Crippen molar-refractivity contribution in [3.63, 3.8) is 0 Å². The van der Waals surface area contributed by atoms with Gasteiger partial charge in [0.15, 0.2) is 5.82 Å². The molecule has 170 valence electrons. The summed E-state index contributed by atoms with van der Waals surface area (Å²) in [6.45, 7) is 7.13. The SMILES string of the molecule is Cc1nc(-c2ccccc2)nc2c1CC=CCN2C(CC(C)C)C(=O)NC1CCCCC1. The highest BCUT2D eigenvalue weighted by Crippen LogP contribution is 2.30. The Morgan fingerprint density at radius 2 is 1.84 bits per heavy atom. The molecule has 1 amide bonds. The number of carbonyl (C=O) groups excluding carboxylic acids is 1. The molecule has 0 radical (unpaired) electrons. The number of hydrogen-bond acceptors (Lipinski definition) is 4. The van der Waals surface area contributed by atoms with Crippen molar-refractivity contribution in [3.05, 3.63) is 53.7 Å². The van der Waals surface area contributed by atoms with Crippen molar-refractivity contribution in [3.8, 4) is 11.4 Å². The first kappa shape index (κ1) is 22.5. The van der Waals surface area contributed by atoms with Gasteiger partial charge in [-0.2, -0.15) is 0 Å². The Labute approximate surface area is 192 Å². The standard InChI is InChI=1S/C27H36N4O/c1-19(2)18-24(27(32)29-22-14-8-5-9-15-22)31-17-11-10-16-23-20(3)28-25(30-26(23)31)21-12-6-4-7-13-21/h4,6-7,10-13,19,22,24H,5,8-9,14-18H2,1-3H3,(H,29,32). The first-order valence-electron chi connectivity index (χ1n) is 12.2. The lowest BCUT2D eigenvalue weighted by Crippen LogP contribution is -2.51. The minimum absolute atomic E-state index is 0.143. The molecular formula is C27H36N4O. The van der Waals surface area contributed by atoms with Gasteiger partial charge in [0.1, 0.15) is 11.9 Å². The molecule has 2 heterocycles. The van der Waals surface area contributed by atoms with Gasteiger partial charge in [0.05, 0.1) is 0 Å². The predicted molar refractivity (Wildman–Crippen MR) is 131 cm³/mol. The average molecular weight is 433 g/mol. The topological polar surface area (TPSA) is 58.1 Å². The maximum absolute atomic E-state index is 13.6. The minimum atomic E-state index is -0.239. The van der Waals surface area contributed by atoms with Crippen LogP contribution in [0.1, 0.15) is 63.6 Å². The second-order valence-corrected chi connectivity index (χ2v) is 9.62. The Balaban J connectivity index is 1.70. The van der Waals surface area contributed by atoms with Crippen molar-refractivity contribution in [2.45, 2.75) is 77.8 Å². The van der Waals surface area contributed by atoms with Gasteiger partial charge in [-0.25, -0.2) is 9.97 Å². The van der Waals surface area contributed by atoms with Crippen molar-refractivity contribution < 1.29 is 4.79 Å². The van der Waals surface area contributed by atoms with Crippen LogP contribution >= 0.6 is 0 Å². The van der Waals surface area contributed by atoms with E-state index in [0.29, 0.717) is 18.5 Å². The number of allylic oxidation sites excluding steroid dienone is 1. The molecule has 1 fully saturated rings. The van der Waals surface area contributed by atoms with Crippen LogP contribution in [0.4, 0.5) is 5.82 Å². The van der Waals surface area contributed by atoms with Gasteiger partial charge >= 0.3 is 0 Å². The Morgan fingerprint density at radius 3 is 2.56 bits per heavy atom. The van der Waals surface area contributed by atoms with Gasteiger partial charge < -0.3 is 10.2 Å². The van der Waals surface area contributed by atoms with Crippen molar-refractivity contribution in [2.75, 3.05) is 11.4 Å². The van der Waals surface area contributed by atoms with Crippen molar-refractivity contribution >= 4 is 11.7 Å². The Kier molecular flexibility index (Phi) is 7.23. The lowest BCUT2D eigenvalue weighted by molar-refractivity contribution is -0.123. The molecule has 1 unspecified atom stereocenters. The van der Waals surface area contributed by atoms with E-state index in [1.807, 2.05) is 30.3 Å². The molecule has 4 rings (SSSR count). The molecule has 1 aliphatic heterocycles. The number of fused-ring (bicyclic) bond motifs is 1. The molecule has 2 aromatic rings. The van der Waals surface area contributed by atoms with Gasteiger partial charge in [-0.05, 0) is 38.5 Å². The number of nitrogens with zero attached hydrogens (tertiary/aromatic N) is 3. The van der Waals surface area contributed by atoms with Crippen molar-refractivity contribution in [2.24, 2.45) is 5.92 Å². The van der Waals surface area contributed by atoms with Gasteiger partial charge in [0.25, 0.3) is 0 Å². The molecule has 1 saturated carbocycles. The third-order valence-electron chi connectivity index (χ3n) is 6.61. The summed E-state index contributed by atoms with van der Waals surface area (Å²) in [5.74, 6) is 2.18. The summed E-state index contributed by atoms with van der Waals surface area (Å²) >= 11 is 0. The Bertz CT molecular complexity index is 948. The quantitative estimate of drug-likeness (QED) is 0.635. The monoisotopic (exact) mass is 432 g/mol. The zero-order chi connectivity index (χ0) is 22.5. The van der Waals surface area contributed by atoms with E-state index in [-0.39, 0.29) is 11.9 Å². The van der Waals surface area contributed by atoms with Gasteiger partial charge in [0, 0.05) is 29.4 Å². The van der Waals surface area contributed by atoms with E-state index >= 15 is 0 Å². The van der Waals surface area contributed by atoms with Crippen LogP contribution in [0.25, 0.3) is 11.4 Å². The van der Waals surface area contributed by atoms with Gasteiger partial charge in [-0.15, -0.1) is 0 Å². The molecule has 1 N–H and O–H groups in total. The number of anilines is 1. The molecule has 1 atom stereocenters. The van der Waals surface area contributed by atoms with Gasteiger partial charge in [-0.1, -0.05) is 75.6 Å². The van der Waals surface area contributed by atoms with Crippen molar-refractivity contribution in [1.29, 1.82) is 0 Å². The molecule has 32 heavy (non-hydrogen) atoms. The number of hydrogen-bond donors (Lipinski definition) is 1. The number of rotatable bonds is 6. The average Bonchev–Trinajstić information content (AvgIpc) is 3.01. The molecule has 0 saturated heterocycles. The van der Waals surface area contributed by atoms with Gasteiger partial charge in [-0.3, -0.25) is 4.79 Å². The molecule has 5 heteroatoms. The molecule has 0 bridgehead atoms. The molecule has 1 aliphatic carbocycles. The maximum Gasteiger partial charge on any atom is 0.242 e. The third-order valence-corrected chi connectivity index (χ3v) is 6.61. The molecule has 5 nitrogen and oxygen atoms in total. The number of aryl methyl sites for hydroxylation is 1. The van der Waals surface area contributed by atoms with E-state index in [9.17, 15) is 4.79 Å². The van der Waals surface area contributed by atoms with Crippen LogP contribution in [0, 0.1) is 12.8 Å². The van der Waals surface area contributed by atoms with Crippen LogP contribution in [0.2, 0.25) is 0 Å². The minimum Gasteiger partial charge on any atom is -0.352 e. The third kappa shape index (κ3) is 5.20. The number of benzene rings is 1. The first-order valence-corrected chi connectivity index (χ1v) is 12.2. The zero-order valence-corrected chi connectivity index (χ0v) is 19.7. The number of amides is 1. The highest BCUT2D eigenvalue weighted by atomic mass is 16.2. The summed E-state index contributed by atoms with van der Waals surface area (Å²) in [6, 6.07) is 10.2. The summed E-state index contributed by atoms with van der Waals surface area (Å²) in [7, 11) is 0. The molecular weight excluding hydrogens is 396 g/mol. The van der Waals surface area contributed by atoms with E-state index in [1.54, 1.807) is 0 Å². The lowest BCUT2D eigenvalue weighted by atomic mass is 9.94. The van der Waals surface area contributed by atoms with E-state index in [4.69, 9.17) is 9.97 Å². The van der Waals surface area contributed by atoms with Crippen LogP contribution in [0.3, 0.4) is 0 Å². The smallest absolute Gasteiger partial charge is 0.242 e. The summed E-state index contributed by atoms with van der Waals surface area (Å²) in [4.78, 5) is 25.7. The van der Waals surface area contributed by atoms with E-state index in [2.05, 4.69) is 43.1 Å². The van der Waals surface area contributed by atoms with Crippen LogP contribution in [0.15, 0.2) is 42.5 Å². The molecule has 0 spiro atoms. The van der Waals surface area contributed by atoms with Crippen LogP contribution in [0.5, 0.6) is 0 Å². The summed E-state index contributed by atoms with van der Waals surface area (Å²) in [5, 5.41) is 3.39. The first-order chi connectivity index (χ1) is 15.5. The highest BCUT2D eigenvalue weighted by molar-refractivity contribution is 5.86. The Hall–Kier alpha value is -2.69. The molecule has 1 aromatic heterocycles. The van der Waals surface area contributed by atoms with E-state index in [0.717, 1.165) is 54.1 Å². The van der Waals surface area contributed by atoms with E-state index < -0.39 is 0 Å². The number of carbonyl (C=O) groups is 1. The summed E-state index contributed by atoms with van der Waals surface area (Å²) < 4.78 is 0. The fraction of sp³-hybridized carbons (Fsp3) is 0.519. The second-order valence-electron chi connectivity index (χ2n) is 9.62. The Morgan fingerprint density at radius 1 is 1.09 bits per heavy atom. The van der Waals surface area contributed by atoms with Gasteiger partial charge in [0.2, 0.25) is 5.91 Å². The lowest BCUT2D eigenvalue weighted by Gasteiger charge is -2.34. The van der Waals surface area contributed by atoms with Crippen LogP contribution in [-0.4, -0.2) is 34.5 Å². The van der Waals surface area contributed by atoms with Crippen LogP contribution < -0.4 is 10.2 Å². The maximum atomic E-state index is 13.6. The van der Waals surface area contributed by atoms with E-state index in [1.165, 1.54) is 19.3 Å². The predicted octanol–water partition coefficient (Wildman–Crippen LogP) is 5.23. The normalized spacial score (nSPS) is 17.7. The molecule has 2 aliphatic rings. The summed E-state index contributed by atoms with van der Waals surface area (Å²) in [5.41, 5.74) is 3.11. The summed E-state index contributed by atoms with van der Waals surface area (Å²) in [6.07, 6.45) is 11.8. The fourth-order valence-electron chi connectivity index (χ4n) is 4.89. The number of nitrogens with one attached hydrogen (secondary N) is 1. The zero-order valence-electron chi connectivity index (χ0n) is 19.7. The highest BCUT2D eigenvalue weighted by Gasteiger charge is 2.32. The molecule has 1 aromatic carbocycles. The fourth-order valence-corrected chi connectivity index (χ4v) is 4.89.